The van der Waals surface area contributed by atoms with Gasteiger partial charge in [0.25, 0.3) is 0 Å². The van der Waals surface area contributed by atoms with E-state index in [-0.39, 0.29) is 0 Å². The topological polar surface area (TPSA) is 52.6 Å². The maximum atomic E-state index is 11.4. The fourth-order valence-electron chi connectivity index (χ4n) is 3.78. The van der Waals surface area contributed by atoms with Crippen molar-refractivity contribution in [3.63, 3.8) is 0 Å². The van der Waals surface area contributed by atoms with Crippen molar-refractivity contribution < 1.29 is 9.90 Å². The predicted molar refractivity (Wildman–Crippen MR) is 86.9 cm³/mol. The summed E-state index contributed by atoms with van der Waals surface area (Å²) >= 11 is 3.43. The van der Waals surface area contributed by atoms with E-state index in [0.29, 0.717) is 23.7 Å². The molecule has 0 spiro atoms. The Balaban J connectivity index is 1.78. The smallest absolute Gasteiger partial charge is 0.337 e. The minimum Gasteiger partial charge on any atom is -0.478 e. The number of hydrogen-bond acceptors (Lipinski definition) is 3. The van der Waals surface area contributed by atoms with E-state index in [9.17, 15) is 9.90 Å². The average molecular weight is 353 g/mol. The molecule has 2 fully saturated rings. The molecule has 2 unspecified atom stereocenters. The van der Waals surface area contributed by atoms with E-state index in [1.807, 2.05) is 6.07 Å². The van der Waals surface area contributed by atoms with Gasteiger partial charge in [-0.1, -0.05) is 22.4 Å². The Bertz CT molecular complexity index is 535. The van der Waals surface area contributed by atoms with Gasteiger partial charge in [-0.15, -0.1) is 0 Å². The maximum Gasteiger partial charge on any atom is 0.337 e. The molecule has 5 heteroatoms. The molecule has 1 aromatic carbocycles. The first-order valence-electron chi connectivity index (χ1n) is 7.56. The maximum absolute atomic E-state index is 11.4. The minimum absolute atomic E-state index is 0.349. The first-order chi connectivity index (χ1) is 10.0. The average Bonchev–Trinajstić information content (AvgIpc) is 2.39. The van der Waals surface area contributed by atoms with Crippen molar-refractivity contribution in [1.29, 1.82) is 0 Å². The number of hydrogen-bond donors (Lipinski definition) is 2. The van der Waals surface area contributed by atoms with Crippen LogP contribution in [0.4, 0.5) is 5.69 Å². The number of nitrogens with one attached hydrogen (secondary N) is 1. The minimum atomic E-state index is -0.877. The van der Waals surface area contributed by atoms with Crippen LogP contribution in [-0.4, -0.2) is 41.1 Å². The molecule has 3 rings (SSSR count). The molecule has 4 nitrogen and oxygen atoms in total. The van der Waals surface area contributed by atoms with E-state index < -0.39 is 5.97 Å². The van der Waals surface area contributed by atoms with Crippen LogP contribution in [0.5, 0.6) is 0 Å². The molecule has 1 aromatic rings. The van der Waals surface area contributed by atoms with Crippen LogP contribution in [0.2, 0.25) is 0 Å². The number of aromatic carboxylic acids is 1. The van der Waals surface area contributed by atoms with Crippen LogP contribution >= 0.6 is 15.9 Å². The van der Waals surface area contributed by atoms with Gasteiger partial charge < -0.3 is 15.3 Å². The fraction of sp³-hybridized carbons (Fsp3) is 0.562. The van der Waals surface area contributed by atoms with Gasteiger partial charge in [-0.3, -0.25) is 0 Å². The van der Waals surface area contributed by atoms with Crippen molar-refractivity contribution in [3.8, 4) is 0 Å². The van der Waals surface area contributed by atoms with Crippen LogP contribution in [0.25, 0.3) is 0 Å². The summed E-state index contributed by atoms with van der Waals surface area (Å²) < 4.78 is 0.906. The number of nitrogens with zero attached hydrogens (tertiary/aromatic N) is 1. The van der Waals surface area contributed by atoms with E-state index in [2.05, 4.69) is 33.2 Å². The second-order valence-corrected chi connectivity index (χ2v) is 7.13. The summed E-state index contributed by atoms with van der Waals surface area (Å²) in [5.41, 5.74) is 1.08. The zero-order valence-electron chi connectivity index (χ0n) is 12.2. The van der Waals surface area contributed by atoms with E-state index >= 15 is 0 Å². The Morgan fingerprint density at radius 1 is 1.33 bits per heavy atom. The normalized spacial score (nSPS) is 29.1. The van der Waals surface area contributed by atoms with Gasteiger partial charge in [-0.05, 0) is 50.9 Å². The Kier molecular flexibility index (Phi) is 4.22. The molecule has 2 saturated heterocycles. The molecule has 0 radical (unpaired) electrons. The molecule has 2 atom stereocenters. The van der Waals surface area contributed by atoms with Crippen molar-refractivity contribution in [1.82, 2.24) is 4.90 Å². The molecule has 0 aromatic heterocycles. The van der Waals surface area contributed by atoms with E-state index in [0.717, 1.165) is 23.0 Å². The molecule has 0 aliphatic carbocycles. The summed E-state index contributed by atoms with van der Waals surface area (Å²) in [6.45, 7) is 0. The molecular formula is C16H21BrN2O2. The molecule has 2 heterocycles. The summed E-state index contributed by atoms with van der Waals surface area (Å²) in [5, 5.41) is 12.8. The van der Waals surface area contributed by atoms with Crippen LogP contribution in [0, 0.1) is 0 Å². The monoisotopic (exact) mass is 352 g/mol. The Morgan fingerprint density at radius 2 is 2.00 bits per heavy atom. The number of carboxylic acid groups (broad SMARTS) is 1. The molecule has 2 N–H and O–H groups in total. The number of piperidine rings is 2. The van der Waals surface area contributed by atoms with E-state index in [4.69, 9.17) is 0 Å². The number of halogens is 1. The molecule has 0 saturated carbocycles. The highest BCUT2D eigenvalue weighted by Gasteiger charge is 2.36. The summed E-state index contributed by atoms with van der Waals surface area (Å²) in [4.78, 5) is 13.9. The van der Waals surface area contributed by atoms with Crippen LogP contribution in [0.15, 0.2) is 22.7 Å². The zero-order valence-corrected chi connectivity index (χ0v) is 13.8. The van der Waals surface area contributed by atoms with Crippen molar-refractivity contribution >= 4 is 27.6 Å². The number of carboxylic acids is 1. The second kappa shape index (κ2) is 5.97. The first-order valence-corrected chi connectivity index (χ1v) is 8.35. The van der Waals surface area contributed by atoms with Crippen LogP contribution in [-0.2, 0) is 0 Å². The fourth-order valence-corrected chi connectivity index (χ4v) is 4.14. The SMILES string of the molecule is CN1C2CCCC1CC(Nc1cc(Br)ccc1C(=O)O)C2. The predicted octanol–water partition coefficient (Wildman–Crippen LogP) is 3.57. The summed E-state index contributed by atoms with van der Waals surface area (Å²) in [5.74, 6) is -0.877. The summed E-state index contributed by atoms with van der Waals surface area (Å²) in [6, 6.07) is 6.94. The van der Waals surface area contributed by atoms with E-state index in [1.54, 1.807) is 12.1 Å². The molecule has 114 valence electrons. The summed E-state index contributed by atoms with van der Waals surface area (Å²) in [6.07, 6.45) is 6.03. The lowest BCUT2D eigenvalue weighted by Gasteiger charge is -2.47. The number of rotatable bonds is 3. The lowest BCUT2D eigenvalue weighted by molar-refractivity contribution is 0.0607. The van der Waals surface area contributed by atoms with Crippen molar-refractivity contribution in [2.24, 2.45) is 0 Å². The molecule has 2 aliphatic heterocycles. The first kappa shape index (κ1) is 14.9. The highest BCUT2D eigenvalue weighted by Crippen LogP contribution is 2.34. The second-order valence-electron chi connectivity index (χ2n) is 6.21. The van der Waals surface area contributed by atoms with Gasteiger partial charge in [0.1, 0.15) is 0 Å². The number of anilines is 1. The Hall–Kier alpha value is -1.07. The number of fused-ring (bicyclic) bond motifs is 2. The quantitative estimate of drug-likeness (QED) is 0.872. The third kappa shape index (κ3) is 3.09. The van der Waals surface area contributed by atoms with Crippen molar-refractivity contribution in [2.75, 3.05) is 12.4 Å². The lowest BCUT2D eigenvalue weighted by atomic mass is 9.82. The molecule has 2 aliphatic rings. The Morgan fingerprint density at radius 3 is 2.62 bits per heavy atom. The molecule has 2 bridgehead atoms. The highest BCUT2D eigenvalue weighted by atomic mass is 79.9. The molecular weight excluding hydrogens is 332 g/mol. The molecule has 0 amide bonds. The Labute approximate surface area is 133 Å². The number of benzene rings is 1. The van der Waals surface area contributed by atoms with Gasteiger partial charge >= 0.3 is 5.97 Å². The van der Waals surface area contributed by atoms with Crippen LogP contribution in [0.3, 0.4) is 0 Å². The van der Waals surface area contributed by atoms with Crippen LogP contribution < -0.4 is 5.32 Å². The highest BCUT2D eigenvalue weighted by molar-refractivity contribution is 9.10. The largest absolute Gasteiger partial charge is 0.478 e. The number of carbonyl (C=O) groups is 1. The third-order valence-corrected chi connectivity index (χ3v) is 5.40. The van der Waals surface area contributed by atoms with Gasteiger partial charge in [0.05, 0.1) is 11.3 Å². The lowest BCUT2D eigenvalue weighted by Crippen LogP contribution is -2.52. The van der Waals surface area contributed by atoms with Gasteiger partial charge in [-0.2, -0.15) is 0 Å². The zero-order chi connectivity index (χ0) is 15.0. The van der Waals surface area contributed by atoms with Gasteiger partial charge in [0.2, 0.25) is 0 Å². The standard InChI is InChI=1S/C16H21BrN2O2/c1-19-12-3-2-4-13(19)9-11(8-12)18-15-7-10(17)5-6-14(15)16(20)21/h5-7,11-13,18H,2-4,8-9H2,1H3,(H,20,21). The van der Waals surface area contributed by atoms with Gasteiger partial charge in [-0.25, -0.2) is 4.79 Å². The summed E-state index contributed by atoms with van der Waals surface area (Å²) in [7, 11) is 2.23. The van der Waals surface area contributed by atoms with Crippen molar-refractivity contribution in [2.45, 2.75) is 50.2 Å². The van der Waals surface area contributed by atoms with Crippen LogP contribution in [0.1, 0.15) is 42.5 Å². The van der Waals surface area contributed by atoms with E-state index in [1.165, 1.54) is 19.3 Å². The van der Waals surface area contributed by atoms with Crippen molar-refractivity contribution in [3.05, 3.63) is 28.2 Å². The molecule has 21 heavy (non-hydrogen) atoms. The third-order valence-electron chi connectivity index (χ3n) is 4.91. The van der Waals surface area contributed by atoms with Gasteiger partial charge in [0.15, 0.2) is 0 Å². The van der Waals surface area contributed by atoms with Gasteiger partial charge in [0, 0.05) is 22.6 Å².